The third kappa shape index (κ3) is 39.8. The maximum atomic E-state index is 13.0. The molecule has 7 unspecified atom stereocenters. The van der Waals surface area contributed by atoms with Gasteiger partial charge in [-0.3, -0.25) is 4.79 Å². The molecule has 0 bridgehead atoms. The highest BCUT2D eigenvalue weighted by Crippen LogP contribution is 2.23. The Morgan fingerprint density at radius 3 is 1.25 bits per heavy atom. The summed E-state index contributed by atoms with van der Waals surface area (Å²) in [5, 5.41) is 54.5. The molecule has 0 radical (unpaired) electrons. The van der Waals surface area contributed by atoms with Gasteiger partial charge in [0.15, 0.2) is 6.29 Å². The first-order valence-electron chi connectivity index (χ1n) is 30.0. The zero-order valence-electron chi connectivity index (χ0n) is 45.3. The number of nitrogens with one attached hydrogen (secondary N) is 1. The molecule has 1 heterocycles. The summed E-state index contributed by atoms with van der Waals surface area (Å²) in [5.41, 5.74) is 0. The van der Waals surface area contributed by atoms with Crippen LogP contribution >= 0.6 is 0 Å². The Hall–Kier alpha value is -1.33. The van der Waals surface area contributed by atoms with Gasteiger partial charge in [0.1, 0.15) is 24.4 Å². The Kier molecular flexibility index (Phi) is 47.8. The van der Waals surface area contributed by atoms with Gasteiger partial charge < -0.3 is 40.3 Å². The molecular formula is C60H115NO8. The number of allylic oxidation sites excluding steroid dienone is 4. The molecule has 408 valence electrons. The Balaban J connectivity index is 2.05. The molecule has 1 fully saturated rings. The van der Waals surface area contributed by atoms with Crippen molar-refractivity contribution in [3.8, 4) is 0 Å². The number of hydrogen-bond donors (Lipinski definition) is 6. The van der Waals surface area contributed by atoms with Crippen LogP contribution < -0.4 is 5.32 Å². The van der Waals surface area contributed by atoms with E-state index in [-0.39, 0.29) is 12.5 Å². The molecule has 1 amide bonds. The van der Waals surface area contributed by atoms with Gasteiger partial charge in [0.2, 0.25) is 5.91 Å². The molecule has 1 rings (SSSR count). The van der Waals surface area contributed by atoms with Gasteiger partial charge in [-0.25, -0.2) is 0 Å². The van der Waals surface area contributed by atoms with Gasteiger partial charge in [0.05, 0.1) is 25.4 Å². The molecular weight excluding hydrogens is 863 g/mol. The van der Waals surface area contributed by atoms with E-state index in [1.54, 1.807) is 0 Å². The minimum Gasteiger partial charge on any atom is -0.394 e. The van der Waals surface area contributed by atoms with Crippen LogP contribution in [0.25, 0.3) is 0 Å². The minimum atomic E-state index is -1.55. The van der Waals surface area contributed by atoms with Crippen molar-refractivity contribution in [2.24, 2.45) is 0 Å². The second kappa shape index (κ2) is 50.2. The fourth-order valence-electron chi connectivity index (χ4n) is 9.78. The number of aliphatic hydroxyl groups excluding tert-OH is 5. The van der Waals surface area contributed by atoms with Gasteiger partial charge in [-0.1, -0.05) is 269 Å². The fourth-order valence-corrected chi connectivity index (χ4v) is 9.78. The molecule has 7 atom stereocenters. The number of unbranched alkanes of at least 4 members (excludes halogenated alkanes) is 38. The Morgan fingerprint density at radius 2 is 0.855 bits per heavy atom. The second-order valence-corrected chi connectivity index (χ2v) is 21.1. The number of carbonyl (C=O) groups is 1. The molecule has 6 N–H and O–H groups in total. The quantitative estimate of drug-likeness (QED) is 0.0261. The molecule has 9 nitrogen and oxygen atoms in total. The van der Waals surface area contributed by atoms with Crippen molar-refractivity contribution >= 4 is 5.91 Å². The first-order valence-corrected chi connectivity index (χ1v) is 30.0. The summed E-state index contributed by atoms with van der Waals surface area (Å²) in [6, 6.07) is -0.715. The zero-order chi connectivity index (χ0) is 50.1. The molecule has 1 saturated heterocycles. The predicted molar refractivity (Wildman–Crippen MR) is 290 cm³/mol. The van der Waals surface area contributed by atoms with Crippen LogP contribution in [-0.2, 0) is 14.3 Å². The highest BCUT2D eigenvalue weighted by atomic mass is 16.7. The van der Waals surface area contributed by atoms with Crippen molar-refractivity contribution in [1.29, 1.82) is 0 Å². The summed E-state index contributed by atoms with van der Waals surface area (Å²) in [4.78, 5) is 13.0. The lowest BCUT2D eigenvalue weighted by Gasteiger charge is -2.40. The average molecular weight is 979 g/mol. The molecule has 1 aliphatic rings. The molecule has 1 aliphatic heterocycles. The Bertz CT molecular complexity index is 1130. The molecule has 0 aromatic heterocycles. The largest absolute Gasteiger partial charge is 0.394 e. The standard InChI is InChI=1S/C60H115NO8/c1-3-5-7-9-11-13-15-16-17-18-19-20-21-22-23-24-25-26-27-28-29-30-31-32-33-34-35-36-37-38-40-42-44-46-48-50-56(64)61-53(52-68-60-59(67)58(66)57(65)55(51-62)69-60)54(63)49-47-45-43-41-39-14-12-10-8-6-4-2/h21-22,24-25,53-55,57-60,62-63,65-67H,3-20,23,26-52H2,1-2H3,(H,61,64)/b22-21-,25-24-. The third-order valence-corrected chi connectivity index (χ3v) is 14.6. The van der Waals surface area contributed by atoms with E-state index in [4.69, 9.17) is 9.47 Å². The first kappa shape index (κ1) is 65.7. The van der Waals surface area contributed by atoms with E-state index < -0.39 is 49.5 Å². The Morgan fingerprint density at radius 1 is 0.493 bits per heavy atom. The minimum absolute atomic E-state index is 0.135. The molecule has 69 heavy (non-hydrogen) atoms. The number of hydrogen-bond acceptors (Lipinski definition) is 8. The average Bonchev–Trinajstić information content (AvgIpc) is 3.35. The normalized spacial score (nSPS) is 19.6. The van der Waals surface area contributed by atoms with E-state index in [0.717, 1.165) is 44.9 Å². The van der Waals surface area contributed by atoms with Crippen LogP contribution in [-0.4, -0.2) is 87.5 Å². The lowest BCUT2D eigenvalue weighted by molar-refractivity contribution is -0.302. The van der Waals surface area contributed by atoms with Crippen molar-refractivity contribution in [2.45, 2.75) is 339 Å². The Labute approximate surface area is 426 Å². The summed E-state index contributed by atoms with van der Waals surface area (Å²) in [7, 11) is 0. The van der Waals surface area contributed by atoms with Crippen molar-refractivity contribution < 1.29 is 39.8 Å². The molecule has 0 aromatic carbocycles. The number of ether oxygens (including phenoxy) is 2. The molecule has 0 saturated carbocycles. The summed E-state index contributed by atoms with van der Waals surface area (Å²) < 4.78 is 11.3. The summed E-state index contributed by atoms with van der Waals surface area (Å²) in [5.74, 6) is -0.141. The van der Waals surface area contributed by atoms with Crippen LogP contribution in [0.5, 0.6) is 0 Å². The van der Waals surface area contributed by atoms with Crippen LogP contribution in [0, 0.1) is 0 Å². The summed E-state index contributed by atoms with van der Waals surface area (Å²) in [6.07, 6.45) is 56.7. The third-order valence-electron chi connectivity index (χ3n) is 14.6. The number of carbonyl (C=O) groups excluding carboxylic acids is 1. The molecule has 9 heteroatoms. The summed E-state index contributed by atoms with van der Waals surface area (Å²) in [6.45, 7) is 3.85. The van der Waals surface area contributed by atoms with Crippen molar-refractivity contribution in [3.05, 3.63) is 24.3 Å². The lowest BCUT2D eigenvalue weighted by atomic mass is 9.99. The van der Waals surface area contributed by atoms with Crippen LogP contribution in [0.4, 0.5) is 0 Å². The van der Waals surface area contributed by atoms with Crippen LogP contribution in [0.1, 0.15) is 296 Å². The predicted octanol–water partition coefficient (Wildman–Crippen LogP) is 15.0. The van der Waals surface area contributed by atoms with Gasteiger partial charge >= 0.3 is 0 Å². The van der Waals surface area contributed by atoms with Gasteiger partial charge in [-0.2, -0.15) is 0 Å². The summed E-state index contributed by atoms with van der Waals surface area (Å²) >= 11 is 0. The number of rotatable bonds is 52. The topological polar surface area (TPSA) is 149 Å². The van der Waals surface area contributed by atoms with E-state index in [9.17, 15) is 30.3 Å². The van der Waals surface area contributed by atoms with Crippen molar-refractivity contribution in [2.75, 3.05) is 13.2 Å². The van der Waals surface area contributed by atoms with Gasteiger partial charge in [-0.05, 0) is 44.9 Å². The van der Waals surface area contributed by atoms with E-state index in [1.165, 1.54) is 225 Å². The number of amides is 1. The molecule has 0 aromatic rings. The van der Waals surface area contributed by atoms with Gasteiger partial charge in [0, 0.05) is 6.42 Å². The van der Waals surface area contributed by atoms with Crippen molar-refractivity contribution in [3.63, 3.8) is 0 Å². The van der Waals surface area contributed by atoms with Crippen molar-refractivity contribution in [1.82, 2.24) is 5.32 Å². The highest BCUT2D eigenvalue weighted by molar-refractivity contribution is 5.76. The first-order chi connectivity index (χ1) is 33.8. The zero-order valence-corrected chi connectivity index (χ0v) is 45.3. The van der Waals surface area contributed by atoms with E-state index in [0.29, 0.717) is 12.8 Å². The molecule has 0 aliphatic carbocycles. The van der Waals surface area contributed by atoms with Crippen LogP contribution in [0.3, 0.4) is 0 Å². The second-order valence-electron chi connectivity index (χ2n) is 21.1. The van der Waals surface area contributed by atoms with Gasteiger partial charge in [0.25, 0.3) is 0 Å². The maximum Gasteiger partial charge on any atom is 0.220 e. The SMILES string of the molecule is CCCCCCCCCCCCC/C=C\C/C=C\CCCCCCCCCCCCCCCCCCCC(=O)NC(COC1OC(CO)C(O)C(O)C1O)C(O)CCCCCCCCCCCCC. The lowest BCUT2D eigenvalue weighted by Crippen LogP contribution is -2.60. The highest BCUT2D eigenvalue weighted by Gasteiger charge is 2.44. The number of aliphatic hydroxyl groups is 5. The van der Waals surface area contributed by atoms with E-state index >= 15 is 0 Å². The van der Waals surface area contributed by atoms with Gasteiger partial charge in [-0.15, -0.1) is 0 Å². The van der Waals surface area contributed by atoms with Crippen LogP contribution in [0.15, 0.2) is 24.3 Å². The van der Waals surface area contributed by atoms with E-state index in [2.05, 4.69) is 43.5 Å². The fraction of sp³-hybridized carbons (Fsp3) is 0.917. The van der Waals surface area contributed by atoms with E-state index in [1.807, 2.05) is 0 Å². The van der Waals surface area contributed by atoms with Crippen LogP contribution in [0.2, 0.25) is 0 Å². The smallest absolute Gasteiger partial charge is 0.220 e. The molecule has 0 spiro atoms. The maximum absolute atomic E-state index is 13.0. The monoisotopic (exact) mass is 978 g/mol.